The van der Waals surface area contributed by atoms with Gasteiger partial charge in [-0.15, -0.1) is 0 Å². The van der Waals surface area contributed by atoms with Crippen molar-refractivity contribution in [2.45, 2.75) is 31.3 Å². The number of H-pyrrole nitrogens is 1. The first-order chi connectivity index (χ1) is 11.3. The molecule has 0 aliphatic rings. The number of aromatic nitrogens is 2. The lowest BCUT2D eigenvalue weighted by Crippen LogP contribution is -2.53. The van der Waals surface area contributed by atoms with E-state index in [2.05, 4.69) is 20.6 Å². The van der Waals surface area contributed by atoms with Crippen LogP contribution < -0.4 is 22.1 Å². The molecule has 0 aliphatic heterocycles. The minimum atomic E-state index is -1.25. The van der Waals surface area contributed by atoms with Crippen molar-refractivity contribution in [1.82, 2.24) is 20.6 Å². The Morgan fingerprint density at radius 3 is 2.46 bits per heavy atom. The normalized spacial score (nSPS) is 12.9. The van der Waals surface area contributed by atoms with Crippen molar-refractivity contribution in [3.8, 4) is 0 Å². The number of primary amides is 1. The highest BCUT2D eigenvalue weighted by atomic mass is 16.4. The Hall–Kier alpha value is -2.95. The molecule has 11 heteroatoms. The van der Waals surface area contributed by atoms with E-state index in [-0.39, 0.29) is 25.8 Å². The second-order valence-electron chi connectivity index (χ2n) is 5.01. The van der Waals surface area contributed by atoms with E-state index in [1.165, 1.54) is 12.5 Å². The predicted molar refractivity (Wildman–Crippen MR) is 81.3 cm³/mol. The molecule has 0 radical (unpaired) electrons. The molecule has 0 aliphatic carbocycles. The number of nitrogens with zero attached hydrogens (tertiary/aromatic N) is 1. The number of carboxylic acids is 1. The maximum atomic E-state index is 12.2. The minimum Gasteiger partial charge on any atom is -0.480 e. The number of carbonyl (C=O) groups is 4. The molecule has 11 nitrogen and oxygen atoms in total. The topological polar surface area (TPSA) is 193 Å². The Labute approximate surface area is 137 Å². The second kappa shape index (κ2) is 9.25. The van der Waals surface area contributed by atoms with Crippen LogP contribution in [0, 0.1) is 0 Å². The third kappa shape index (κ3) is 6.44. The van der Waals surface area contributed by atoms with Crippen LogP contribution in [-0.4, -0.2) is 57.4 Å². The van der Waals surface area contributed by atoms with E-state index in [9.17, 15) is 24.3 Å². The summed E-state index contributed by atoms with van der Waals surface area (Å²) < 4.78 is 0. The standard InChI is InChI=1S/C13H20N6O5/c14-4-11(21)18-8(1-2-10(15)20)12(22)19-9(13(23)24)3-7-5-16-6-17-7/h5-6,8-9H,1-4,14H2,(H2,15,20)(H,16,17)(H,18,21)(H,19,22)(H,23,24). The Balaban J connectivity index is 2.75. The number of aromatic amines is 1. The van der Waals surface area contributed by atoms with Gasteiger partial charge in [0.2, 0.25) is 17.7 Å². The van der Waals surface area contributed by atoms with Crippen molar-refractivity contribution in [3.05, 3.63) is 18.2 Å². The van der Waals surface area contributed by atoms with Crippen LogP contribution in [-0.2, 0) is 25.6 Å². The van der Waals surface area contributed by atoms with E-state index in [0.717, 1.165) is 0 Å². The van der Waals surface area contributed by atoms with Crippen molar-refractivity contribution in [1.29, 1.82) is 0 Å². The van der Waals surface area contributed by atoms with Gasteiger partial charge < -0.3 is 32.2 Å². The highest BCUT2D eigenvalue weighted by molar-refractivity contribution is 5.91. The molecule has 3 amide bonds. The van der Waals surface area contributed by atoms with Crippen LogP contribution in [0.25, 0.3) is 0 Å². The molecule has 24 heavy (non-hydrogen) atoms. The number of nitrogens with two attached hydrogens (primary N) is 2. The number of amides is 3. The first kappa shape index (κ1) is 19.1. The molecule has 8 N–H and O–H groups in total. The van der Waals surface area contributed by atoms with Gasteiger partial charge in [0, 0.05) is 24.7 Å². The number of hydrogen-bond acceptors (Lipinski definition) is 6. The fourth-order valence-electron chi connectivity index (χ4n) is 1.90. The van der Waals surface area contributed by atoms with Gasteiger partial charge in [0.05, 0.1) is 12.9 Å². The molecule has 1 rings (SSSR count). The summed E-state index contributed by atoms with van der Waals surface area (Å²) in [6, 6.07) is -2.35. The highest BCUT2D eigenvalue weighted by Gasteiger charge is 2.27. The van der Waals surface area contributed by atoms with Crippen LogP contribution in [0.5, 0.6) is 0 Å². The lowest BCUT2D eigenvalue weighted by atomic mass is 10.1. The summed E-state index contributed by atoms with van der Waals surface area (Å²) in [5, 5.41) is 13.9. The van der Waals surface area contributed by atoms with Gasteiger partial charge in [0.25, 0.3) is 0 Å². The van der Waals surface area contributed by atoms with Gasteiger partial charge in [0.15, 0.2) is 0 Å². The van der Waals surface area contributed by atoms with Crippen LogP contribution in [0.3, 0.4) is 0 Å². The second-order valence-corrected chi connectivity index (χ2v) is 5.01. The molecule has 2 unspecified atom stereocenters. The van der Waals surface area contributed by atoms with Gasteiger partial charge >= 0.3 is 5.97 Å². The quantitative estimate of drug-likeness (QED) is 0.265. The largest absolute Gasteiger partial charge is 0.480 e. The zero-order valence-corrected chi connectivity index (χ0v) is 12.8. The summed E-state index contributed by atoms with van der Waals surface area (Å²) in [6.07, 6.45) is 2.58. The number of nitrogens with one attached hydrogen (secondary N) is 3. The third-order valence-corrected chi connectivity index (χ3v) is 3.11. The van der Waals surface area contributed by atoms with Gasteiger partial charge in [0.1, 0.15) is 12.1 Å². The third-order valence-electron chi connectivity index (χ3n) is 3.11. The maximum absolute atomic E-state index is 12.2. The Morgan fingerprint density at radius 2 is 1.96 bits per heavy atom. The average Bonchev–Trinajstić information content (AvgIpc) is 3.02. The molecule has 1 heterocycles. The van der Waals surface area contributed by atoms with E-state index >= 15 is 0 Å². The van der Waals surface area contributed by atoms with Gasteiger partial charge in [-0.25, -0.2) is 9.78 Å². The molecule has 0 fully saturated rings. The molecule has 1 aromatic heterocycles. The summed E-state index contributed by atoms with van der Waals surface area (Å²) in [4.78, 5) is 52.3. The maximum Gasteiger partial charge on any atom is 0.326 e. The first-order valence-corrected chi connectivity index (χ1v) is 7.11. The smallest absolute Gasteiger partial charge is 0.326 e. The summed E-state index contributed by atoms with van der Waals surface area (Å²) in [5.74, 6) is -3.26. The van der Waals surface area contributed by atoms with Crippen molar-refractivity contribution in [3.63, 3.8) is 0 Å². The molecule has 1 aromatic rings. The molecular formula is C13H20N6O5. The van der Waals surface area contributed by atoms with E-state index in [0.29, 0.717) is 5.69 Å². The van der Waals surface area contributed by atoms with Crippen molar-refractivity contribution in [2.75, 3.05) is 6.54 Å². The monoisotopic (exact) mass is 340 g/mol. The summed E-state index contributed by atoms with van der Waals surface area (Å²) in [5.41, 5.74) is 10.7. The Bertz CT molecular complexity index is 588. The highest BCUT2D eigenvalue weighted by Crippen LogP contribution is 2.02. The van der Waals surface area contributed by atoms with Gasteiger partial charge in [-0.05, 0) is 6.42 Å². The zero-order chi connectivity index (χ0) is 18.1. The lowest BCUT2D eigenvalue weighted by molar-refractivity contribution is -0.142. The molecule has 0 spiro atoms. The summed E-state index contributed by atoms with van der Waals surface area (Å²) in [7, 11) is 0. The SMILES string of the molecule is NCC(=O)NC(CCC(N)=O)C(=O)NC(Cc1cnc[nH]1)C(=O)O. The lowest BCUT2D eigenvalue weighted by Gasteiger charge is -2.20. The van der Waals surface area contributed by atoms with Crippen LogP contribution in [0.4, 0.5) is 0 Å². The number of hydrogen-bond donors (Lipinski definition) is 6. The Morgan fingerprint density at radius 1 is 1.25 bits per heavy atom. The summed E-state index contributed by atoms with van der Waals surface area (Å²) in [6.45, 7) is -0.350. The van der Waals surface area contributed by atoms with Crippen LogP contribution in [0.1, 0.15) is 18.5 Å². The minimum absolute atomic E-state index is 0.0194. The van der Waals surface area contributed by atoms with Gasteiger partial charge in [-0.1, -0.05) is 0 Å². The van der Waals surface area contributed by atoms with Crippen LogP contribution in [0.15, 0.2) is 12.5 Å². The number of carboxylic acid groups (broad SMARTS) is 1. The first-order valence-electron chi connectivity index (χ1n) is 7.11. The number of imidazole rings is 1. The zero-order valence-electron chi connectivity index (χ0n) is 12.8. The van der Waals surface area contributed by atoms with Crippen molar-refractivity contribution < 1.29 is 24.3 Å². The molecule has 0 bridgehead atoms. The fourth-order valence-corrected chi connectivity index (χ4v) is 1.90. The fraction of sp³-hybridized carbons (Fsp3) is 0.462. The van der Waals surface area contributed by atoms with Crippen molar-refractivity contribution >= 4 is 23.7 Å². The molecule has 0 saturated carbocycles. The van der Waals surface area contributed by atoms with E-state index < -0.39 is 35.8 Å². The molecule has 2 atom stereocenters. The van der Waals surface area contributed by atoms with Crippen molar-refractivity contribution in [2.24, 2.45) is 11.5 Å². The predicted octanol–water partition coefficient (Wildman–Crippen LogP) is -2.77. The van der Waals surface area contributed by atoms with Gasteiger partial charge in [-0.2, -0.15) is 0 Å². The number of carbonyl (C=O) groups excluding carboxylic acids is 3. The molecular weight excluding hydrogens is 320 g/mol. The van der Waals surface area contributed by atoms with E-state index in [4.69, 9.17) is 11.5 Å². The molecule has 132 valence electrons. The number of rotatable bonds is 10. The van der Waals surface area contributed by atoms with Crippen LogP contribution >= 0.6 is 0 Å². The molecule has 0 saturated heterocycles. The summed E-state index contributed by atoms with van der Waals surface area (Å²) >= 11 is 0. The molecule has 0 aromatic carbocycles. The number of aliphatic carboxylic acids is 1. The van der Waals surface area contributed by atoms with Crippen LogP contribution in [0.2, 0.25) is 0 Å². The van der Waals surface area contributed by atoms with E-state index in [1.807, 2.05) is 0 Å². The van der Waals surface area contributed by atoms with Gasteiger partial charge in [-0.3, -0.25) is 14.4 Å². The average molecular weight is 340 g/mol. The Kier molecular flexibility index (Phi) is 7.36. The van der Waals surface area contributed by atoms with E-state index in [1.54, 1.807) is 0 Å².